The van der Waals surface area contributed by atoms with Gasteiger partial charge >= 0.3 is 5.69 Å². The third kappa shape index (κ3) is 2.92. The molecule has 1 rings (SSSR count). The van der Waals surface area contributed by atoms with Crippen LogP contribution >= 0.6 is 15.9 Å². The summed E-state index contributed by atoms with van der Waals surface area (Å²) in [5.74, 6) is -0.607. The molecule has 4 nitrogen and oxygen atoms in total. The molecule has 0 aliphatic carbocycles. The van der Waals surface area contributed by atoms with Gasteiger partial charge < -0.3 is 4.74 Å². The summed E-state index contributed by atoms with van der Waals surface area (Å²) in [6.07, 6.45) is -3.33. The quantitative estimate of drug-likeness (QED) is 0.629. The summed E-state index contributed by atoms with van der Waals surface area (Å²) < 4.78 is 56.4. The lowest BCUT2D eigenvalue weighted by atomic mass is 10.2. The normalized spacial score (nSPS) is 19.7. The van der Waals surface area contributed by atoms with Crippen LogP contribution in [0.5, 0.6) is 5.75 Å². The fourth-order valence-corrected chi connectivity index (χ4v) is 1.30. The van der Waals surface area contributed by atoms with Crippen molar-refractivity contribution in [1.29, 1.82) is 0 Å². The van der Waals surface area contributed by atoms with Gasteiger partial charge in [0.15, 0.2) is 5.75 Å². The standard InChI is InChI=1S/C10H12BrNO3/c1-6(2)15-10-5-8(11)7(3)4-9(10)12(13)14/h4-6H,1-3H3/i1D3,2D3,6D. The van der Waals surface area contributed by atoms with Crippen LogP contribution in [0.1, 0.15) is 28.9 Å². The van der Waals surface area contributed by atoms with Crippen LogP contribution in [0.15, 0.2) is 16.6 Å². The van der Waals surface area contributed by atoms with E-state index in [9.17, 15) is 10.1 Å². The van der Waals surface area contributed by atoms with Crippen molar-refractivity contribution < 1.29 is 19.3 Å². The Hall–Kier alpha value is -1.10. The van der Waals surface area contributed by atoms with Crippen LogP contribution in [0.4, 0.5) is 5.69 Å². The Balaban J connectivity index is 3.50. The molecule has 1 aromatic rings. The molecule has 82 valence electrons. The van der Waals surface area contributed by atoms with E-state index in [2.05, 4.69) is 15.9 Å². The van der Waals surface area contributed by atoms with Gasteiger partial charge in [0, 0.05) is 24.8 Å². The second kappa shape index (κ2) is 4.61. The average Bonchev–Trinajstić information content (AvgIpc) is 2.30. The maximum atomic E-state index is 11.0. The number of hydrogen-bond acceptors (Lipinski definition) is 3. The maximum absolute atomic E-state index is 11.0. The third-order valence-electron chi connectivity index (χ3n) is 1.65. The molecule has 0 bridgehead atoms. The summed E-state index contributed by atoms with van der Waals surface area (Å²) in [5, 5.41) is 11.0. The summed E-state index contributed by atoms with van der Waals surface area (Å²) in [5.41, 5.74) is -0.150. The first-order chi connectivity index (χ1) is 9.70. The van der Waals surface area contributed by atoms with Crippen LogP contribution in [-0.2, 0) is 0 Å². The lowest BCUT2D eigenvalue weighted by Crippen LogP contribution is -2.07. The minimum atomic E-state index is -3.34. The van der Waals surface area contributed by atoms with Gasteiger partial charge in [-0.2, -0.15) is 0 Å². The smallest absolute Gasteiger partial charge is 0.311 e. The predicted octanol–water partition coefficient (Wildman–Crippen LogP) is 3.45. The number of nitro groups is 1. The van der Waals surface area contributed by atoms with E-state index in [0.717, 1.165) is 12.1 Å². The summed E-state index contributed by atoms with van der Waals surface area (Å²) in [6.45, 7) is -5.13. The minimum Gasteiger partial charge on any atom is -0.484 e. The Morgan fingerprint density at radius 2 is 2.33 bits per heavy atom. The predicted molar refractivity (Wildman–Crippen MR) is 61.3 cm³/mol. The molecule has 0 fully saturated rings. The minimum absolute atomic E-state index is 0.353. The van der Waals surface area contributed by atoms with Crippen LogP contribution in [0.2, 0.25) is 0 Å². The van der Waals surface area contributed by atoms with E-state index in [0.29, 0.717) is 10.0 Å². The van der Waals surface area contributed by atoms with Crippen molar-refractivity contribution in [2.45, 2.75) is 26.7 Å². The monoisotopic (exact) mass is 280 g/mol. The second-order valence-corrected chi connectivity index (χ2v) is 3.61. The van der Waals surface area contributed by atoms with Crippen molar-refractivity contribution in [2.24, 2.45) is 0 Å². The molecule has 0 aromatic heterocycles. The van der Waals surface area contributed by atoms with Crippen LogP contribution in [0.25, 0.3) is 0 Å². The Kier molecular flexibility index (Phi) is 1.63. The molecule has 0 heterocycles. The number of halogens is 1. The molecule has 1 aromatic carbocycles. The molecule has 0 radical (unpaired) electrons. The lowest BCUT2D eigenvalue weighted by molar-refractivity contribution is -0.386. The lowest BCUT2D eigenvalue weighted by Gasteiger charge is -2.11. The molecule has 15 heavy (non-hydrogen) atoms. The number of hydrogen-bond donors (Lipinski definition) is 0. The molecule has 0 aliphatic rings. The van der Waals surface area contributed by atoms with Crippen LogP contribution in [0, 0.1) is 17.0 Å². The molecule has 0 aliphatic heterocycles. The van der Waals surface area contributed by atoms with Gasteiger partial charge in [-0.3, -0.25) is 10.1 Å². The fraction of sp³-hybridized carbons (Fsp3) is 0.400. The number of ether oxygens (including phenoxy) is 1. The molecular formula is C10H12BrNO3. The Morgan fingerprint density at radius 1 is 1.67 bits per heavy atom. The van der Waals surface area contributed by atoms with Gasteiger partial charge in [0.25, 0.3) is 0 Å². The maximum Gasteiger partial charge on any atom is 0.311 e. The zero-order valence-corrected chi connectivity index (χ0v) is 9.29. The first-order valence-electron chi connectivity index (χ1n) is 7.34. The molecule has 0 unspecified atom stereocenters. The second-order valence-electron chi connectivity index (χ2n) is 2.76. The molecule has 0 atom stereocenters. The number of rotatable bonds is 3. The summed E-state index contributed by atoms with van der Waals surface area (Å²) in [4.78, 5) is 10.2. The highest BCUT2D eigenvalue weighted by molar-refractivity contribution is 9.10. The SMILES string of the molecule is [2H]C([2H])([2H])C([2H])(Oc1cc(Br)c(C)cc1[N+](=O)[O-])C([2H])([2H])[2H]. The number of aryl methyl sites for hydroxylation is 1. The van der Waals surface area contributed by atoms with E-state index >= 15 is 0 Å². The Labute approximate surface area is 106 Å². The highest BCUT2D eigenvalue weighted by Gasteiger charge is 2.18. The van der Waals surface area contributed by atoms with Crippen LogP contribution in [0.3, 0.4) is 0 Å². The summed E-state index contributed by atoms with van der Waals surface area (Å²) in [6, 6.07) is 2.17. The first kappa shape index (κ1) is 5.30. The first-order valence-corrected chi connectivity index (χ1v) is 4.63. The van der Waals surface area contributed by atoms with Gasteiger partial charge in [-0.25, -0.2) is 0 Å². The van der Waals surface area contributed by atoms with Crippen LogP contribution < -0.4 is 4.74 Å². The molecule has 0 N–H and O–H groups in total. The van der Waals surface area contributed by atoms with Gasteiger partial charge in [-0.1, -0.05) is 15.9 Å². The largest absolute Gasteiger partial charge is 0.484 e. The van der Waals surface area contributed by atoms with Gasteiger partial charge in [-0.05, 0) is 26.2 Å². The number of benzene rings is 1. The van der Waals surface area contributed by atoms with Crippen LogP contribution in [-0.4, -0.2) is 11.0 Å². The molecular weight excluding hydrogens is 262 g/mol. The Morgan fingerprint density at radius 3 is 2.87 bits per heavy atom. The van der Waals surface area contributed by atoms with Gasteiger partial charge in [0.05, 0.1) is 12.4 Å². The third-order valence-corrected chi connectivity index (χ3v) is 2.50. The van der Waals surface area contributed by atoms with Crippen molar-refractivity contribution in [3.05, 3.63) is 32.3 Å². The Bertz CT molecular complexity index is 585. The molecule has 0 spiro atoms. The van der Waals surface area contributed by atoms with Crippen molar-refractivity contribution in [2.75, 3.05) is 0 Å². The van der Waals surface area contributed by atoms with E-state index in [1.807, 2.05) is 0 Å². The van der Waals surface area contributed by atoms with E-state index < -0.39 is 36.1 Å². The van der Waals surface area contributed by atoms with Gasteiger partial charge in [0.2, 0.25) is 0 Å². The van der Waals surface area contributed by atoms with Crippen molar-refractivity contribution in [3.63, 3.8) is 0 Å². The fourth-order valence-electron chi connectivity index (χ4n) is 0.982. The highest BCUT2D eigenvalue weighted by atomic mass is 79.9. The number of nitro benzene ring substituents is 1. The van der Waals surface area contributed by atoms with E-state index in [1.165, 1.54) is 0 Å². The van der Waals surface area contributed by atoms with Gasteiger partial charge in [0.1, 0.15) is 0 Å². The topological polar surface area (TPSA) is 52.4 Å². The van der Waals surface area contributed by atoms with Crippen molar-refractivity contribution in [1.82, 2.24) is 0 Å². The zero-order chi connectivity index (χ0) is 17.5. The summed E-state index contributed by atoms with van der Waals surface area (Å²) >= 11 is 3.09. The van der Waals surface area contributed by atoms with E-state index in [4.69, 9.17) is 14.3 Å². The molecule has 0 saturated carbocycles. The zero-order valence-electron chi connectivity index (χ0n) is 14.7. The molecule has 0 saturated heterocycles. The van der Waals surface area contributed by atoms with Crippen molar-refractivity contribution in [3.8, 4) is 5.75 Å². The summed E-state index contributed by atoms with van der Waals surface area (Å²) in [7, 11) is 0. The van der Waals surface area contributed by atoms with E-state index in [-0.39, 0.29) is 0 Å². The number of nitrogens with zero attached hydrogens (tertiary/aromatic N) is 1. The van der Waals surface area contributed by atoms with E-state index in [1.54, 1.807) is 6.92 Å². The van der Waals surface area contributed by atoms with Crippen molar-refractivity contribution >= 4 is 21.6 Å². The highest BCUT2D eigenvalue weighted by Crippen LogP contribution is 2.33. The average molecular weight is 281 g/mol. The van der Waals surface area contributed by atoms with Gasteiger partial charge in [-0.15, -0.1) is 0 Å². The molecule has 5 heteroatoms. The molecule has 0 amide bonds.